The highest BCUT2D eigenvalue weighted by Crippen LogP contribution is 2.40. The molecule has 3 aromatic carbocycles. The van der Waals surface area contributed by atoms with Crippen molar-refractivity contribution in [3.63, 3.8) is 0 Å². The fourth-order valence-electron chi connectivity index (χ4n) is 7.67. The highest BCUT2D eigenvalue weighted by Gasteiger charge is 2.36. The summed E-state index contributed by atoms with van der Waals surface area (Å²) in [4.78, 5) is 81.1. The van der Waals surface area contributed by atoms with Gasteiger partial charge in [0, 0.05) is 50.4 Å². The molecule has 4 aromatic rings. The van der Waals surface area contributed by atoms with Gasteiger partial charge in [-0.1, -0.05) is 36.4 Å². The SMILES string of the molecule is COC(C)(C)c1ccc(-c2nc(C)c(C(=O)N[C@@H](CCN)C(=O)N(C)[C@@H]3C(=O)N[C@@H](C)C(=O)N[C@H](C(=O)NCC#N)Cc4ccc(OCCN)c(c4)-c4cc3ccc4OCCN)c(C)n2)cc1. The number of carbonyl (C=O) groups excluding carboxylic acids is 5. The van der Waals surface area contributed by atoms with Crippen molar-refractivity contribution < 1.29 is 38.2 Å². The Hall–Kier alpha value is -6.98. The molecule has 67 heavy (non-hydrogen) atoms. The smallest absolute Gasteiger partial charge is 0.255 e. The molecule has 0 unspecified atom stereocenters. The van der Waals surface area contributed by atoms with Crippen molar-refractivity contribution >= 4 is 29.5 Å². The number of amides is 5. The number of nitrogens with zero attached hydrogens (tertiary/aromatic N) is 4. The third-order valence-electron chi connectivity index (χ3n) is 11.5. The Labute approximate surface area is 390 Å². The van der Waals surface area contributed by atoms with Crippen LogP contribution in [0.1, 0.15) is 71.7 Å². The number of nitrogens with one attached hydrogen (secondary N) is 4. The van der Waals surface area contributed by atoms with Crippen LogP contribution in [0.5, 0.6) is 11.5 Å². The molecule has 0 radical (unpaired) electrons. The van der Waals surface area contributed by atoms with Crippen LogP contribution >= 0.6 is 0 Å². The maximum Gasteiger partial charge on any atom is 0.255 e. The average molecular weight is 920 g/mol. The van der Waals surface area contributed by atoms with E-state index in [1.807, 2.05) is 44.2 Å². The Morgan fingerprint density at radius 2 is 1.51 bits per heavy atom. The average Bonchev–Trinajstić information content (AvgIpc) is 3.31. The molecule has 19 nitrogen and oxygen atoms in total. The van der Waals surface area contributed by atoms with E-state index < -0.39 is 59.3 Å². The monoisotopic (exact) mass is 919 g/mol. The number of nitriles is 1. The Balaban J connectivity index is 1.56. The van der Waals surface area contributed by atoms with Crippen molar-refractivity contribution in [2.75, 3.05) is 53.6 Å². The first kappa shape index (κ1) is 51.0. The number of hydrogen-bond acceptors (Lipinski definition) is 14. The van der Waals surface area contributed by atoms with E-state index >= 15 is 0 Å². The van der Waals surface area contributed by atoms with Gasteiger partial charge in [-0.25, -0.2) is 9.97 Å². The molecule has 2 heterocycles. The number of aromatic nitrogens is 2. The Morgan fingerprint density at radius 1 is 0.896 bits per heavy atom. The zero-order valence-electron chi connectivity index (χ0n) is 39.0. The maximum atomic E-state index is 14.7. The summed E-state index contributed by atoms with van der Waals surface area (Å²) in [6.45, 7) is 9.05. The second-order valence-corrected chi connectivity index (χ2v) is 16.6. The van der Waals surface area contributed by atoms with Gasteiger partial charge in [0.25, 0.3) is 5.91 Å². The zero-order valence-corrected chi connectivity index (χ0v) is 39.0. The minimum Gasteiger partial charge on any atom is -0.492 e. The number of methoxy groups -OCH3 is 1. The van der Waals surface area contributed by atoms with Crippen molar-refractivity contribution in [2.45, 2.75) is 77.2 Å². The van der Waals surface area contributed by atoms with Crippen molar-refractivity contribution in [1.82, 2.24) is 36.1 Å². The minimum absolute atomic E-state index is 0.00231. The van der Waals surface area contributed by atoms with Crippen LogP contribution in [-0.4, -0.2) is 116 Å². The van der Waals surface area contributed by atoms with E-state index in [9.17, 15) is 29.2 Å². The third kappa shape index (κ3) is 12.3. The summed E-state index contributed by atoms with van der Waals surface area (Å²) in [6, 6.07) is 14.6. The topological polar surface area (TPSA) is 292 Å². The molecule has 356 valence electrons. The molecular formula is C48H61N11O8. The summed E-state index contributed by atoms with van der Waals surface area (Å²) in [7, 11) is 3.05. The quantitative estimate of drug-likeness (QED) is 0.0744. The number of fused-ring (bicyclic) bond motifs is 5. The van der Waals surface area contributed by atoms with Gasteiger partial charge in [-0.05, 0) is 88.5 Å². The van der Waals surface area contributed by atoms with Crippen LogP contribution in [0.4, 0.5) is 0 Å². The first-order valence-corrected chi connectivity index (χ1v) is 22.0. The lowest BCUT2D eigenvalue weighted by Crippen LogP contribution is -2.56. The second-order valence-electron chi connectivity index (χ2n) is 16.6. The number of carbonyl (C=O) groups is 5. The number of hydrogen-bond donors (Lipinski definition) is 7. The maximum absolute atomic E-state index is 14.7. The van der Waals surface area contributed by atoms with Gasteiger partial charge < -0.3 is 57.6 Å². The molecule has 10 N–H and O–H groups in total. The van der Waals surface area contributed by atoms with Gasteiger partial charge in [0.2, 0.25) is 23.6 Å². The van der Waals surface area contributed by atoms with Crippen LogP contribution in [0.3, 0.4) is 0 Å². The van der Waals surface area contributed by atoms with Gasteiger partial charge in [-0.2, -0.15) is 5.26 Å². The molecule has 4 atom stereocenters. The van der Waals surface area contributed by atoms with Crippen LogP contribution in [0.15, 0.2) is 60.7 Å². The molecule has 1 aliphatic rings. The van der Waals surface area contributed by atoms with Gasteiger partial charge in [0.15, 0.2) is 5.82 Å². The highest BCUT2D eigenvalue weighted by atomic mass is 16.5. The first-order valence-electron chi connectivity index (χ1n) is 22.0. The predicted octanol–water partition coefficient (Wildman–Crippen LogP) is 1.82. The summed E-state index contributed by atoms with van der Waals surface area (Å²) in [5, 5.41) is 19.9. The van der Waals surface area contributed by atoms with Gasteiger partial charge in [0.1, 0.15) is 55.4 Å². The van der Waals surface area contributed by atoms with E-state index in [1.165, 1.54) is 18.9 Å². The Kier molecular flexibility index (Phi) is 17.5. The molecule has 0 aliphatic carbocycles. The molecule has 0 saturated heterocycles. The van der Waals surface area contributed by atoms with Crippen LogP contribution in [-0.2, 0) is 35.9 Å². The molecule has 1 aliphatic heterocycles. The number of likely N-dealkylation sites (N-methyl/N-ethyl adjacent to an activating group) is 1. The zero-order chi connectivity index (χ0) is 49.0. The van der Waals surface area contributed by atoms with E-state index in [2.05, 4.69) is 31.2 Å². The summed E-state index contributed by atoms with van der Waals surface area (Å²) in [6.07, 6.45) is -0.0120. The lowest BCUT2D eigenvalue weighted by atomic mass is 9.93. The lowest BCUT2D eigenvalue weighted by Gasteiger charge is -2.32. The van der Waals surface area contributed by atoms with Gasteiger partial charge in [-0.15, -0.1) is 0 Å². The number of ether oxygens (including phenoxy) is 3. The van der Waals surface area contributed by atoms with Crippen molar-refractivity contribution in [2.24, 2.45) is 17.2 Å². The van der Waals surface area contributed by atoms with Crippen molar-refractivity contribution in [3.05, 3.63) is 94.3 Å². The third-order valence-corrected chi connectivity index (χ3v) is 11.5. The predicted molar refractivity (Wildman–Crippen MR) is 250 cm³/mol. The molecule has 19 heteroatoms. The lowest BCUT2D eigenvalue weighted by molar-refractivity contribution is -0.141. The van der Waals surface area contributed by atoms with Crippen LogP contribution in [0, 0.1) is 25.2 Å². The number of rotatable bonds is 17. The first-order chi connectivity index (χ1) is 32.0. The molecule has 0 spiro atoms. The molecule has 5 rings (SSSR count). The van der Waals surface area contributed by atoms with Gasteiger partial charge in [0.05, 0.1) is 28.6 Å². The second kappa shape index (κ2) is 23.0. The Bertz CT molecular complexity index is 2470. The van der Waals surface area contributed by atoms with Gasteiger partial charge in [-0.3, -0.25) is 24.0 Å². The van der Waals surface area contributed by atoms with E-state index in [4.69, 9.17) is 31.4 Å². The molecule has 1 aromatic heterocycles. The normalized spacial score (nSPS) is 16.6. The summed E-state index contributed by atoms with van der Waals surface area (Å²) in [5.74, 6) is -2.21. The molecular weight excluding hydrogens is 859 g/mol. The number of aryl methyl sites for hydroxylation is 2. The molecule has 5 amide bonds. The molecule has 0 fully saturated rings. The van der Waals surface area contributed by atoms with E-state index in [0.29, 0.717) is 51.0 Å². The largest absolute Gasteiger partial charge is 0.492 e. The van der Waals surface area contributed by atoms with E-state index in [1.54, 1.807) is 57.4 Å². The summed E-state index contributed by atoms with van der Waals surface area (Å²) >= 11 is 0. The van der Waals surface area contributed by atoms with Crippen LogP contribution in [0.2, 0.25) is 0 Å². The summed E-state index contributed by atoms with van der Waals surface area (Å²) < 4.78 is 17.8. The van der Waals surface area contributed by atoms with E-state index in [-0.39, 0.29) is 57.8 Å². The minimum atomic E-state index is -1.41. The molecule has 4 bridgehead atoms. The van der Waals surface area contributed by atoms with Crippen LogP contribution in [0.25, 0.3) is 22.5 Å². The number of nitrogens with two attached hydrogens (primary N) is 3. The number of benzene rings is 3. The summed E-state index contributed by atoms with van der Waals surface area (Å²) in [5.41, 5.74) is 21.7. The van der Waals surface area contributed by atoms with Gasteiger partial charge >= 0.3 is 0 Å². The van der Waals surface area contributed by atoms with Crippen LogP contribution < -0.4 is 47.9 Å². The van der Waals surface area contributed by atoms with Crippen molar-refractivity contribution in [1.29, 1.82) is 5.26 Å². The standard InChI is InChI=1S/C48H61N11O8/c1-27-40(28(2)55-42(54-27)31-9-12-33(13-10-31)48(4,5)65-7)45(62)57-36(16-17-49)47(64)59(6)41-32-11-15-39(67-23-20-52)35(26-32)34-24-30(8-14-38(34)66-22-19-51)25-37(44(61)53-21-18-50)58-43(60)29(3)56-46(41)63/h8-15,24,26,29,36-37,41H,16-17,19-23,25,49,51-52H2,1-7H3,(H,53,61)(H,56,63)(H,57,62)(H,58,60)/t29-,36-,37-,41-/m0/s1. The van der Waals surface area contributed by atoms with E-state index in [0.717, 1.165) is 11.1 Å². The Morgan fingerprint density at radius 3 is 2.09 bits per heavy atom. The molecule has 0 saturated carbocycles. The fourth-order valence-corrected chi connectivity index (χ4v) is 7.67. The highest BCUT2D eigenvalue weighted by molar-refractivity contribution is 6.00. The fraction of sp³-hybridized carbons (Fsp3) is 0.417. The van der Waals surface area contributed by atoms with Crippen molar-refractivity contribution in [3.8, 4) is 40.1 Å².